The number of rotatable bonds is 2. The average molecular weight is 163 g/mol. The molecule has 12 heavy (non-hydrogen) atoms. The number of aromatic nitrogens is 2. The Balaban J connectivity index is 3.04. The van der Waals surface area contributed by atoms with Crippen molar-refractivity contribution >= 4 is 0 Å². The van der Waals surface area contributed by atoms with Crippen LogP contribution in [0.15, 0.2) is 17.1 Å². The molecule has 0 aliphatic carbocycles. The van der Waals surface area contributed by atoms with E-state index in [1.165, 1.54) is 10.7 Å². The molecule has 1 aromatic heterocycles. The first-order valence-corrected chi connectivity index (χ1v) is 3.71. The molecule has 0 atom stereocenters. The van der Waals surface area contributed by atoms with Crippen molar-refractivity contribution in [3.8, 4) is 6.07 Å². The van der Waals surface area contributed by atoms with Crippen LogP contribution in [0.5, 0.6) is 0 Å². The highest BCUT2D eigenvalue weighted by Crippen LogP contribution is 1.91. The Kier molecular flexibility index (Phi) is 2.59. The van der Waals surface area contributed by atoms with E-state index in [-0.39, 0.29) is 12.0 Å². The van der Waals surface area contributed by atoms with E-state index in [2.05, 4.69) is 5.10 Å². The first kappa shape index (κ1) is 8.47. The molecule has 4 nitrogen and oxygen atoms in total. The van der Waals surface area contributed by atoms with Gasteiger partial charge in [0.25, 0.3) is 5.56 Å². The van der Waals surface area contributed by atoms with Gasteiger partial charge in [-0.15, -0.1) is 0 Å². The number of nitriles is 1. The molecule has 0 aromatic carbocycles. The van der Waals surface area contributed by atoms with Gasteiger partial charge in [0, 0.05) is 12.6 Å². The number of hydrogen-bond acceptors (Lipinski definition) is 3. The van der Waals surface area contributed by atoms with Gasteiger partial charge in [-0.05, 0) is 12.5 Å². The molecule has 0 spiro atoms. The summed E-state index contributed by atoms with van der Waals surface area (Å²) in [6.45, 7) is 2.41. The topological polar surface area (TPSA) is 58.7 Å². The Hall–Kier alpha value is -1.63. The number of aryl methyl sites for hydroxylation is 1. The number of nitrogens with zero attached hydrogens (tertiary/aromatic N) is 3. The van der Waals surface area contributed by atoms with E-state index in [0.717, 1.165) is 0 Å². The fraction of sp³-hybridized carbons (Fsp3) is 0.375. The van der Waals surface area contributed by atoms with Crippen molar-refractivity contribution in [3.63, 3.8) is 0 Å². The number of hydrogen-bond donors (Lipinski definition) is 0. The van der Waals surface area contributed by atoms with Crippen LogP contribution in [0.25, 0.3) is 0 Å². The molecule has 0 unspecified atom stereocenters. The molecule has 4 heteroatoms. The van der Waals surface area contributed by atoms with E-state index in [1.807, 2.05) is 13.0 Å². The molecule has 0 amide bonds. The maximum atomic E-state index is 11.1. The summed E-state index contributed by atoms with van der Waals surface area (Å²) in [6, 6.07) is 3.40. The summed E-state index contributed by atoms with van der Waals surface area (Å²) in [7, 11) is 0. The highest BCUT2D eigenvalue weighted by molar-refractivity contribution is 5.10. The first-order valence-electron chi connectivity index (χ1n) is 3.71. The predicted octanol–water partition coefficient (Wildman–Crippen LogP) is 0.329. The van der Waals surface area contributed by atoms with Gasteiger partial charge in [0.05, 0.1) is 18.7 Å². The van der Waals surface area contributed by atoms with Gasteiger partial charge >= 0.3 is 0 Å². The first-order chi connectivity index (χ1) is 5.77. The molecule has 1 heterocycles. The molecule has 0 aliphatic heterocycles. The third-order valence-electron chi connectivity index (χ3n) is 1.51. The van der Waals surface area contributed by atoms with Crippen LogP contribution in [0.1, 0.15) is 12.5 Å². The Bertz CT molecular complexity index is 361. The van der Waals surface area contributed by atoms with E-state index in [1.54, 1.807) is 6.20 Å². The maximum absolute atomic E-state index is 11.1. The standard InChI is InChI=1S/C8H9N3O/c1-2-11-8(12)5-7(3-4-9)6-10-11/h5-6H,2-3H2,1H3. The van der Waals surface area contributed by atoms with Crippen molar-refractivity contribution in [3.05, 3.63) is 28.2 Å². The molecule has 1 rings (SSSR count). The Labute approximate surface area is 70.1 Å². The van der Waals surface area contributed by atoms with Crippen molar-refractivity contribution in [2.75, 3.05) is 0 Å². The molecule has 0 N–H and O–H groups in total. The van der Waals surface area contributed by atoms with Crippen molar-refractivity contribution in [1.82, 2.24) is 9.78 Å². The van der Waals surface area contributed by atoms with Gasteiger partial charge < -0.3 is 0 Å². The molecule has 0 saturated heterocycles. The van der Waals surface area contributed by atoms with Gasteiger partial charge in [-0.2, -0.15) is 10.4 Å². The summed E-state index contributed by atoms with van der Waals surface area (Å²) in [5.74, 6) is 0. The van der Waals surface area contributed by atoms with Gasteiger partial charge in [-0.3, -0.25) is 4.79 Å². The second-order valence-electron chi connectivity index (χ2n) is 2.35. The SMILES string of the molecule is CCn1ncc(CC#N)cc1=O. The van der Waals surface area contributed by atoms with E-state index >= 15 is 0 Å². The van der Waals surface area contributed by atoms with E-state index in [0.29, 0.717) is 12.1 Å². The summed E-state index contributed by atoms with van der Waals surface area (Å²) < 4.78 is 1.35. The normalized spacial score (nSPS) is 9.33. The molecule has 0 saturated carbocycles. The lowest BCUT2D eigenvalue weighted by atomic mass is 10.2. The zero-order valence-corrected chi connectivity index (χ0v) is 6.82. The molecule has 1 aromatic rings. The predicted molar refractivity (Wildman–Crippen MR) is 43.5 cm³/mol. The van der Waals surface area contributed by atoms with Crippen molar-refractivity contribution in [2.24, 2.45) is 0 Å². The van der Waals surface area contributed by atoms with Gasteiger partial charge in [0.15, 0.2) is 0 Å². The average Bonchev–Trinajstić information content (AvgIpc) is 2.05. The zero-order valence-electron chi connectivity index (χ0n) is 6.82. The molecule has 0 radical (unpaired) electrons. The Morgan fingerprint density at radius 2 is 2.50 bits per heavy atom. The molecule has 0 bridgehead atoms. The lowest BCUT2D eigenvalue weighted by molar-refractivity contribution is 0.612. The maximum Gasteiger partial charge on any atom is 0.267 e. The highest BCUT2D eigenvalue weighted by Gasteiger charge is 1.96. The second kappa shape index (κ2) is 3.67. The second-order valence-corrected chi connectivity index (χ2v) is 2.35. The summed E-state index contributed by atoms with van der Waals surface area (Å²) in [5.41, 5.74) is 0.525. The van der Waals surface area contributed by atoms with E-state index in [4.69, 9.17) is 5.26 Å². The van der Waals surface area contributed by atoms with Crippen molar-refractivity contribution in [1.29, 1.82) is 5.26 Å². The van der Waals surface area contributed by atoms with E-state index < -0.39 is 0 Å². The van der Waals surface area contributed by atoms with Crippen molar-refractivity contribution < 1.29 is 0 Å². The van der Waals surface area contributed by atoms with Crippen LogP contribution < -0.4 is 5.56 Å². The third-order valence-corrected chi connectivity index (χ3v) is 1.51. The fourth-order valence-corrected chi connectivity index (χ4v) is 0.897. The lowest BCUT2D eigenvalue weighted by Crippen LogP contribution is -2.21. The Morgan fingerprint density at radius 1 is 1.75 bits per heavy atom. The van der Waals surface area contributed by atoms with Crippen LogP contribution in [-0.2, 0) is 13.0 Å². The van der Waals surface area contributed by atoms with Crippen molar-refractivity contribution in [2.45, 2.75) is 19.9 Å². The molecule has 62 valence electrons. The summed E-state index contributed by atoms with van der Waals surface area (Å²) in [6.07, 6.45) is 1.79. The van der Waals surface area contributed by atoms with Gasteiger partial charge in [0.1, 0.15) is 0 Å². The van der Waals surface area contributed by atoms with Crippen LogP contribution in [0.4, 0.5) is 0 Å². The monoisotopic (exact) mass is 163 g/mol. The van der Waals surface area contributed by atoms with Crippen LogP contribution in [0.2, 0.25) is 0 Å². The van der Waals surface area contributed by atoms with Gasteiger partial charge in [0.2, 0.25) is 0 Å². The zero-order chi connectivity index (χ0) is 8.97. The molecule has 0 fully saturated rings. The smallest absolute Gasteiger partial charge is 0.267 e. The highest BCUT2D eigenvalue weighted by atomic mass is 16.1. The Morgan fingerprint density at radius 3 is 3.00 bits per heavy atom. The fourth-order valence-electron chi connectivity index (χ4n) is 0.897. The van der Waals surface area contributed by atoms with Crippen LogP contribution in [0, 0.1) is 11.3 Å². The molecular formula is C8H9N3O. The summed E-state index contributed by atoms with van der Waals surface area (Å²) >= 11 is 0. The van der Waals surface area contributed by atoms with Crippen LogP contribution in [0.3, 0.4) is 0 Å². The molecule has 0 aliphatic rings. The lowest BCUT2D eigenvalue weighted by Gasteiger charge is -1.98. The van der Waals surface area contributed by atoms with Crippen LogP contribution in [-0.4, -0.2) is 9.78 Å². The minimum Gasteiger partial charge on any atom is -0.268 e. The quantitative estimate of drug-likeness (QED) is 0.631. The van der Waals surface area contributed by atoms with Gasteiger partial charge in [-0.25, -0.2) is 4.68 Å². The minimum atomic E-state index is -0.148. The minimum absolute atomic E-state index is 0.148. The van der Waals surface area contributed by atoms with E-state index in [9.17, 15) is 4.79 Å². The largest absolute Gasteiger partial charge is 0.268 e. The van der Waals surface area contributed by atoms with Gasteiger partial charge in [-0.1, -0.05) is 0 Å². The summed E-state index contributed by atoms with van der Waals surface area (Å²) in [4.78, 5) is 11.1. The molecular weight excluding hydrogens is 154 g/mol. The summed E-state index contributed by atoms with van der Waals surface area (Å²) in [5, 5.41) is 12.2. The third kappa shape index (κ3) is 1.70. The van der Waals surface area contributed by atoms with Crippen LogP contribution >= 0.6 is 0 Å².